The van der Waals surface area contributed by atoms with Crippen molar-refractivity contribution in [3.8, 4) is 40.5 Å². The molecule has 5 rings (SSSR count). The molecule has 0 unspecified atom stereocenters. The Balaban J connectivity index is 1.84. The van der Waals surface area contributed by atoms with Crippen LogP contribution in [0.3, 0.4) is 0 Å². The van der Waals surface area contributed by atoms with Crippen molar-refractivity contribution in [2.45, 2.75) is 25.9 Å². The van der Waals surface area contributed by atoms with Crippen molar-refractivity contribution >= 4 is 27.1 Å². The summed E-state index contributed by atoms with van der Waals surface area (Å²) in [5, 5.41) is 0. The molecular weight excluding hydrogens is 500 g/mol. The highest BCUT2D eigenvalue weighted by molar-refractivity contribution is 7.92. The molecule has 1 aliphatic carbocycles. The number of aromatic nitrogens is 5. The fourth-order valence-corrected chi connectivity index (χ4v) is 4.23. The number of pyridine rings is 1. The monoisotopic (exact) mass is 526 g/mol. The highest BCUT2D eigenvalue weighted by atomic mass is 32.2. The van der Waals surface area contributed by atoms with Crippen LogP contribution >= 0.6 is 0 Å². The average molecular weight is 527 g/mol. The number of nitrogens with zero attached hydrogens (tertiary/aromatic N) is 5. The number of hydrogen-bond donors (Lipinski definition) is 1. The van der Waals surface area contributed by atoms with Gasteiger partial charge in [-0.1, -0.05) is 12.1 Å². The number of nitrogens with one attached hydrogen (secondary N) is 1. The molecule has 0 amide bonds. The minimum Gasteiger partial charge on any atom is -0.494 e. The molecule has 0 atom stereocenters. The summed E-state index contributed by atoms with van der Waals surface area (Å²) in [6.45, 7) is 2.31. The molecule has 0 aliphatic heterocycles. The SMILES string of the molecule is CCOc1cccc(-c2nc3nc(OC4CC4)c(NS(C)(=O)=O)nc3n2-c2c(OC)cccc2OC)n1. The van der Waals surface area contributed by atoms with Gasteiger partial charge in [-0.05, 0) is 38.0 Å². The van der Waals surface area contributed by atoms with Crippen LogP contribution in [0.2, 0.25) is 0 Å². The zero-order valence-electron chi connectivity index (χ0n) is 20.8. The van der Waals surface area contributed by atoms with E-state index in [1.165, 1.54) is 14.2 Å². The summed E-state index contributed by atoms with van der Waals surface area (Å²) in [5.41, 5.74) is 1.43. The van der Waals surface area contributed by atoms with Gasteiger partial charge in [0.05, 0.1) is 27.1 Å². The van der Waals surface area contributed by atoms with Crippen molar-refractivity contribution in [1.29, 1.82) is 0 Å². The predicted molar refractivity (Wildman–Crippen MR) is 136 cm³/mol. The van der Waals surface area contributed by atoms with E-state index in [1.54, 1.807) is 41.0 Å². The van der Waals surface area contributed by atoms with E-state index in [-0.39, 0.29) is 29.1 Å². The number of fused-ring (bicyclic) bond motifs is 1. The molecule has 1 fully saturated rings. The molecule has 0 saturated heterocycles. The molecule has 1 saturated carbocycles. The maximum Gasteiger partial charge on any atom is 0.260 e. The van der Waals surface area contributed by atoms with Gasteiger partial charge in [-0.25, -0.2) is 23.4 Å². The van der Waals surface area contributed by atoms with E-state index in [1.807, 2.05) is 6.92 Å². The van der Waals surface area contributed by atoms with Gasteiger partial charge in [-0.15, -0.1) is 0 Å². The fraction of sp³-hybridized carbons (Fsp3) is 0.333. The third-order valence-corrected chi connectivity index (χ3v) is 5.98. The number of rotatable bonds is 10. The maximum absolute atomic E-state index is 12.2. The van der Waals surface area contributed by atoms with Crippen LogP contribution in [0.25, 0.3) is 28.5 Å². The summed E-state index contributed by atoms with van der Waals surface area (Å²) in [4.78, 5) is 18.5. The second-order valence-corrected chi connectivity index (χ2v) is 10.0. The molecule has 13 heteroatoms. The Hall–Kier alpha value is -4.13. The van der Waals surface area contributed by atoms with E-state index in [0.717, 1.165) is 19.1 Å². The molecule has 0 bridgehead atoms. The zero-order valence-corrected chi connectivity index (χ0v) is 21.6. The molecule has 12 nitrogen and oxygen atoms in total. The number of anilines is 1. The Morgan fingerprint density at radius 2 is 1.70 bits per heavy atom. The molecular formula is C24H26N6O6S. The molecule has 4 aromatic rings. The summed E-state index contributed by atoms with van der Waals surface area (Å²) in [6.07, 6.45) is 2.69. The van der Waals surface area contributed by atoms with Crippen molar-refractivity contribution in [3.63, 3.8) is 0 Å². The number of para-hydroxylation sites is 1. The van der Waals surface area contributed by atoms with E-state index >= 15 is 0 Å². The first-order chi connectivity index (χ1) is 17.8. The van der Waals surface area contributed by atoms with Gasteiger partial charge in [0.25, 0.3) is 5.88 Å². The van der Waals surface area contributed by atoms with Crippen LogP contribution in [-0.4, -0.2) is 66.1 Å². The number of benzene rings is 1. The van der Waals surface area contributed by atoms with Crippen LogP contribution in [0.1, 0.15) is 19.8 Å². The third kappa shape index (κ3) is 5.07. The minimum atomic E-state index is -3.68. The molecule has 3 heterocycles. The molecule has 1 N–H and O–H groups in total. The molecule has 0 spiro atoms. The van der Waals surface area contributed by atoms with Gasteiger partial charge in [0.15, 0.2) is 11.5 Å². The van der Waals surface area contributed by atoms with Gasteiger partial charge in [-0.3, -0.25) is 9.29 Å². The summed E-state index contributed by atoms with van der Waals surface area (Å²) in [7, 11) is -0.611. The molecule has 1 aliphatic rings. The van der Waals surface area contributed by atoms with Crippen LogP contribution < -0.4 is 23.7 Å². The number of sulfonamides is 1. The molecule has 194 valence electrons. The lowest BCUT2D eigenvalue weighted by molar-refractivity contribution is 0.293. The van der Waals surface area contributed by atoms with Gasteiger partial charge in [0.1, 0.15) is 29.0 Å². The van der Waals surface area contributed by atoms with Crippen LogP contribution in [-0.2, 0) is 10.0 Å². The molecule has 1 aromatic carbocycles. The van der Waals surface area contributed by atoms with E-state index in [9.17, 15) is 8.42 Å². The summed E-state index contributed by atoms with van der Waals surface area (Å²) in [5.74, 6) is 1.74. The van der Waals surface area contributed by atoms with Gasteiger partial charge in [0, 0.05) is 6.07 Å². The number of imidazole rings is 1. The van der Waals surface area contributed by atoms with Crippen molar-refractivity contribution in [2.75, 3.05) is 31.8 Å². The van der Waals surface area contributed by atoms with Gasteiger partial charge >= 0.3 is 0 Å². The lowest BCUT2D eigenvalue weighted by atomic mass is 10.2. The Labute approximate surface area is 213 Å². The molecule has 0 radical (unpaired) electrons. The van der Waals surface area contributed by atoms with Crippen molar-refractivity contribution in [3.05, 3.63) is 36.4 Å². The number of ether oxygens (including phenoxy) is 4. The Morgan fingerprint density at radius 1 is 1.00 bits per heavy atom. The van der Waals surface area contributed by atoms with Gasteiger partial charge in [-0.2, -0.15) is 4.98 Å². The lowest BCUT2D eigenvalue weighted by Crippen LogP contribution is -2.14. The van der Waals surface area contributed by atoms with Crippen molar-refractivity contribution in [2.24, 2.45) is 0 Å². The van der Waals surface area contributed by atoms with Crippen LogP contribution in [0, 0.1) is 0 Å². The molecule has 3 aromatic heterocycles. The first-order valence-electron chi connectivity index (χ1n) is 11.6. The zero-order chi connectivity index (χ0) is 26.2. The predicted octanol–water partition coefficient (Wildman–Crippen LogP) is 3.21. The normalized spacial score (nSPS) is 13.4. The Bertz CT molecular complexity index is 1550. The quantitative estimate of drug-likeness (QED) is 0.328. The van der Waals surface area contributed by atoms with Crippen LogP contribution in [0.5, 0.6) is 23.3 Å². The smallest absolute Gasteiger partial charge is 0.260 e. The third-order valence-electron chi connectivity index (χ3n) is 5.42. The number of hydrogen-bond acceptors (Lipinski definition) is 10. The second-order valence-electron chi connectivity index (χ2n) is 8.29. The lowest BCUT2D eigenvalue weighted by Gasteiger charge is -2.17. The minimum absolute atomic E-state index is 0.0421. The molecule has 37 heavy (non-hydrogen) atoms. The fourth-order valence-electron chi connectivity index (χ4n) is 3.75. The number of methoxy groups -OCH3 is 2. The van der Waals surface area contributed by atoms with Crippen molar-refractivity contribution < 1.29 is 27.4 Å². The summed E-state index contributed by atoms with van der Waals surface area (Å²) in [6, 6.07) is 10.7. The van der Waals surface area contributed by atoms with E-state index in [4.69, 9.17) is 23.9 Å². The highest BCUT2D eigenvalue weighted by Gasteiger charge is 2.29. The Morgan fingerprint density at radius 3 is 2.32 bits per heavy atom. The van der Waals surface area contributed by atoms with E-state index in [2.05, 4.69) is 19.7 Å². The van der Waals surface area contributed by atoms with Crippen molar-refractivity contribution in [1.82, 2.24) is 24.5 Å². The topological polar surface area (TPSA) is 140 Å². The Kier molecular flexibility index (Phi) is 6.46. The average Bonchev–Trinajstić information content (AvgIpc) is 3.62. The summed E-state index contributed by atoms with van der Waals surface area (Å²) >= 11 is 0. The first kappa shape index (κ1) is 24.6. The summed E-state index contributed by atoms with van der Waals surface area (Å²) < 4.78 is 51.2. The maximum atomic E-state index is 12.2. The van der Waals surface area contributed by atoms with Gasteiger partial charge in [0.2, 0.25) is 27.4 Å². The van der Waals surface area contributed by atoms with Crippen LogP contribution in [0.15, 0.2) is 36.4 Å². The van der Waals surface area contributed by atoms with E-state index in [0.29, 0.717) is 41.2 Å². The van der Waals surface area contributed by atoms with E-state index < -0.39 is 10.0 Å². The first-order valence-corrected chi connectivity index (χ1v) is 13.5. The van der Waals surface area contributed by atoms with Crippen LogP contribution in [0.4, 0.5) is 5.82 Å². The standard InChI is InChI=1S/C24H26N6O6S/c1-5-35-18-11-6-8-15(25-18)22-26-20-23(30(22)19-16(33-2)9-7-10-17(19)34-3)27-21(29-37(4,31)32)24(28-20)36-14-12-13-14/h6-11,14H,5,12-13H2,1-4H3,(H,27,29). The second kappa shape index (κ2) is 9.73. The van der Waals surface area contributed by atoms with Gasteiger partial charge < -0.3 is 18.9 Å². The highest BCUT2D eigenvalue weighted by Crippen LogP contribution is 2.39. The largest absolute Gasteiger partial charge is 0.494 e.